The molecule has 0 atom stereocenters. The van der Waals surface area contributed by atoms with Gasteiger partial charge < -0.3 is 24.0 Å². The number of hydrogen-bond donors (Lipinski definition) is 1. The van der Waals surface area contributed by atoms with Crippen LogP contribution in [0.15, 0.2) is 61.1 Å². The van der Waals surface area contributed by atoms with Gasteiger partial charge in [0.2, 0.25) is 0 Å². The van der Waals surface area contributed by atoms with Crippen LogP contribution in [0.4, 0.5) is 11.4 Å². The van der Waals surface area contributed by atoms with Crippen LogP contribution >= 0.6 is 0 Å². The van der Waals surface area contributed by atoms with Crippen molar-refractivity contribution in [2.45, 2.75) is 0 Å². The van der Waals surface area contributed by atoms with Crippen LogP contribution in [0.3, 0.4) is 0 Å². The average Bonchev–Trinajstić information content (AvgIpc) is 3.22. The zero-order valence-corrected chi connectivity index (χ0v) is 17.2. The Morgan fingerprint density at radius 2 is 1.73 bits per heavy atom. The van der Waals surface area contributed by atoms with Gasteiger partial charge in [-0.2, -0.15) is 0 Å². The van der Waals surface area contributed by atoms with Gasteiger partial charge in [0.05, 0.1) is 43.8 Å². The monoisotopic (exact) mass is 404 g/mol. The molecule has 154 valence electrons. The molecule has 0 radical (unpaired) electrons. The number of aromatic nitrogens is 3. The van der Waals surface area contributed by atoms with Crippen molar-refractivity contribution in [1.29, 1.82) is 0 Å². The van der Waals surface area contributed by atoms with E-state index >= 15 is 0 Å². The second kappa shape index (κ2) is 8.42. The summed E-state index contributed by atoms with van der Waals surface area (Å²) in [6, 6.07) is 13.5. The number of aryl methyl sites for hydroxylation is 1. The zero-order valence-electron chi connectivity index (χ0n) is 17.2. The fourth-order valence-electron chi connectivity index (χ4n) is 3.42. The molecule has 7 heteroatoms. The number of benzene rings is 2. The first-order valence-corrected chi connectivity index (χ1v) is 9.62. The van der Waals surface area contributed by atoms with Gasteiger partial charge in [-0.3, -0.25) is 4.98 Å². The Hall–Kier alpha value is -3.58. The standard InChI is InChI=1S/C23H24N4O3/c1-26-7-6-16(15-26)23-14-24-21-5-4-17(12-22(21)25-23)27(8-9-28)18-10-19(29-2)13-20(11-18)30-3/h4-7,10-15,28H,8-9H2,1-3H3. The van der Waals surface area contributed by atoms with Crippen LogP contribution in [0.2, 0.25) is 0 Å². The quantitative estimate of drug-likeness (QED) is 0.505. The van der Waals surface area contributed by atoms with E-state index in [1.807, 2.05) is 71.4 Å². The van der Waals surface area contributed by atoms with Crippen LogP contribution in [0.25, 0.3) is 22.3 Å². The van der Waals surface area contributed by atoms with E-state index in [-0.39, 0.29) is 6.61 Å². The molecule has 0 amide bonds. The van der Waals surface area contributed by atoms with Crippen LogP contribution < -0.4 is 14.4 Å². The minimum Gasteiger partial charge on any atom is -0.497 e. The summed E-state index contributed by atoms with van der Waals surface area (Å²) in [4.78, 5) is 11.4. The fraction of sp³-hybridized carbons (Fsp3) is 0.217. The van der Waals surface area contributed by atoms with E-state index in [4.69, 9.17) is 14.5 Å². The zero-order chi connectivity index (χ0) is 21.1. The molecule has 2 aromatic carbocycles. The first-order chi connectivity index (χ1) is 14.6. The maximum atomic E-state index is 9.69. The second-order valence-corrected chi connectivity index (χ2v) is 6.94. The van der Waals surface area contributed by atoms with Gasteiger partial charge in [0.15, 0.2) is 0 Å². The van der Waals surface area contributed by atoms with E-state index in [2.05, 4.69) is 4.98 Å². The van der Waals surface area contributed by atoms with Gasteiger partial charge in [-0.05, 0) is 24.3 Å². The highest BCUT2D eigenvalue weighted by Gasteiger charge is 2.14. The highest BCUT2D eigenvalue weighted by molar-refractivity contribution is 5.82. The number of aliphatic hydroxyl groups is 1. The highest BCUT2D eigenvalue weighted by Crippen LogP contribution is 2.34. The Kier molecular flexibility index (Phi) is 5.54. The molecular formula is C23H24N4O3. The lowest BCUT2D eigenvalue weighted by molar-refractivity contribution is 0.305. The SMILES string of the molecule is COc1cc(OC)cc(N(CCO)c2ccc3ncc(-c4ccn(C)c4)nc3c2)c1. The summed E-state index contributed by atoms with van der Waals surface area (Å²) in [6.45, 7) is 0.404. The Bertz CT molecular complexity index is 1150. The third kappa shape index (κ3) is 3.92. The van der Waals surface area contributed by atoms with E-state index in [1.54, 1.807) is 20.4 Å². The topological polar surface area (TPSA) is 72.6 Å². The van der Waals surface area contributed by atoms with Gasteiger partial charge in [-0.1, -0.05) is 0 Å². The van der Waals surface area contributed by atoms with Gasteiger partial charge >= 0.3 is 0 Å². The molecule has 4 aromatic rings. The van der Waals surface area contributed by atoms with Gasteiger partial charge in [-0.25, -0.2) is 4.98 Å². The van der Waals surface area contributed by atoms with Crippen molar-refractivity contribution in [2.75, 3.05) is 32.3 Å². The van der Waals surface area contributed by atoms with Crippen LogP contribution in [0.5, 0.6) is 11.5 Å². The summed E-state index contributed by atoms with van der Waals surface area (Å²) >= 11 is 0. The number of anilines is 2. The van der Waals surface area contributed by atoms with Gasteiger partial charge in [0, 0.05) is 61.1 Å². The predicted molar refractivity (Wildman–Crippen MR) is 118 cm³/mol. The Morgan fingerprint density at radius 1 is 0.967 bits per heavy atom. The molecule has 7 nitrogen and oxygen atoms in total. The van der Waals surface area contributed by atoms with Crippen molar-refractivity contribution in [2.24, 2.45) is 7.05 Å². The van der Waals surface area contributed by atoms with E-state index in [0.717, 1.165) is 33.7 Å². The largest absolute Gasteiger partial charge is 0.497 e. The maximum Gasteiger partial charge on any atom is 0.124 e. The summed E-state index contributed by atoms with van der Waals surface area (Å²) in [5, 5.41) is 9.69. The summed E-state index contributed by atoms with van der Waals surface area (Å²) in [5.41, 5.74) is 5.18. The fourth-order valence-corrected chi connectivity index (χ4v) is 3.42. The minimum absolute atomic E-state index is 0.00665. The molecule has 1 N–H and O–H groups in total. The number of nitrogens with zero attached hydrogens (tertiary/aromatic N) is 4. The lowest BCUT2D eigenvalue weighted by Gasteiger charge is -2.25. The van der Waals surface area contributed by atoms with E-state index < -0.39 is 0 Å². The third-order valence-corrected chi connectivity index (χ3v) is 4.94. The normalized spacial score (nSPS) is 10.9. The number of fused-ring (bicyclic) bond motifs is 1. The number of aliphatic hydroxyl groups excluding tert-OH is 1. The lowest BCUT2D eigenvalue weighted by Crippen LogP contribution is -2.21. The summed E-state index contributed by atoms with van der Waals surface area (Å²) in [7, 11) is 5.21. The number of rotatable bonds is 7. The van der Waals surface area contributed by atoms with E-state index in [1.165, 1.54) is 0 Å². The molecule has 0 saturated carbocycles. The molecule has 2 aromatic heterocycles. The van der Waals surface area contributed by atoms with Crippen LogP contribution in [0.1, 0.15) is 0 Å². The Morgan fingerprint density at radius 3 is 2.37 bits per heavy atom. The van der Waals surface area contributed by atoms with Crippen molar-refractivity contribution >= 4 is 22.4 Å². The molecule has 4 rings (SSSR count). The Labute approximate surface area is 175 Å². The molecule has 0 aliphatic rings. The summed E-state index contributed by atoms with van der Waals surface area (Å²) in [6.07, 6.45) is 5.78. The minimum atomic E-state index is -0.00665. The maximum absolute atomic E-state index is 9.69. The van der Waals surface area contributed by atoms with Gasteiger partial charge in [0.1, 0.15) is 11.5 Å². The molecule has 2 heterocycles. The molecule has 0 aliphatic carbocycles. The first kappa shape index (κ1) is 19.7. The van der Waals surface area contributed by atoms with Gasteiger partial charge in [-0.15, -0.1) is 0 Å². The van der Waals surface area contributed by atoms with Crippen molar-refractivity contribution in [3.05, 3.63) is 61.1 Å². The van der Waals surface area contributed by atoms with E-state index in [0.29, 0.717) is 18.0 Å². The first-order valence-electron chi connectivity index (χ1n) is 9.62. The van der Waals surface area contributed by atoms with Gasteiger partial charge in [0.25, 0.3) is 0 Å². The molecular weight excluding hydrogens is 380 g/mol. The third-order valence-electron chi connectivity index (χ3n) is 4.94. The van der Waals surface area contributed by atoms with Crippen molar-refractivity contribution < 1.29 is 14.6 Å². The molecule has 0 bridgehead atoms. The molecule has 0 fully saturated rings. The highest BCUT2D eigenvalue weighted by atomic mass is 16.5. The molecule has 0 unspecified atom stereocenters. The predicted octanol–water partition coefficient (Wildman–Crippen LogP) is 3.78. The lowest BCUT2D eigenvalue weighted by atomic mass is 10.2. The molecule has 0 aliphatic heterocycles. The summed E-state index contributed by atoms with van der Waals surface area (Å²) < 4.78 is 12.8. The average molecular weight is 404 g/mol. The van der Waals surface area contributed by atoms with Crippen LogP contribution in [-0.4, -0.2) is 47.0 Å². The van der Waals surface area contributed by atoms with Crippen molar-refractivity contribution in [3.8, 4) is 22.8 Å². The number of methoxy groups -OCH3 is 2. The molecule has 0 saturated heterocycles. The number of ether oxygens (including phenoxy) is 2. The van der Waals surface area contributed by atoms with Crippen molar-refractivity contribution in [1.82, 2.24) is 14.5 Å². The second-order valence-electron chi connectivity index (χ2n) is 6.94. The molecule has 30 heavy (non-hydrogen) atoms. The summed E-state index contributed by atoms with van der Waals surface area (Å²) in [5.74, 6) is 1.36. The van der Waals surface area contributed by atoms with Crippen molar-refractivity contribution in [3.63, 3.8) is 0 Å². The molecule has 0 spiro atoms. The van der Waals surface area contributed by atoms with Crippen LogP contribution in [0, 0.1) is 0 Å². The Balaban J connectivity index is 1.78. The van der Waals surface area contributed by atoms with Crippen LogP contribution in [-0.2, 0) is 7.05 Å². The van der Waals surface area contributed by atoms with E-state index in [9.17, 15) is 5.11 Å². The number of hydrogen-bond acceptors (Lipinski definition) is 6. The smallest absolute Gasteiger partial charge is 0.124 e.